The van der Waals surface area contributed by atoms with E-state index in [2.05, 4.69) is 34.2 Å². The highest BCUT2D eigenvalue weighted by atomic mass is 16.3. The average molecular weight is 462 g/mol. The topological polar surface area (TPSA) is 94.7 Å². The third-order valence-corrected chi connectivity index (χ3v) is 8.69. The highest BCUT2D eigenvalue weighted by molar-refractivity contribution is 5.93. The molecule has 2 heterocycles. The number of anilines is 3. The Morgan fingerprint density at radius 1 is 1.09 bits per heavy atom. The van der Waals surface area contributed by atoms with Gasteiger partial charge in [0, 0.05) is 43.1 Å². The number of pyridine rings is 1. The lowest BCUT2D eigenvalue weighted by Crippen LogP contribution is -2.61. The summed E-state index contributed by atoms with van der Waals surface area (Å²) in [5.41, 5.74) is 7.80. The Morgan fingerprint density at radius 2 is 1.82 bits per heavy atom. The van der Waals surface area contributed by atoms with Gasteiger partial charge in [0.05, 0.1) is 5.60 Å². The monoisotopic (exact) mass is 461 g/mol. The predicted octanol–water partition coefficient (Wildman–Crippen LogP) is 3.05. The van der Waals surface area contributed by atoms with E-state index in [1.54, 1.807) is 0 Å². The summed E-state index contributed by atoms with van der Waals surface area (Å²) in [5.74, 6) is 2.19. The molecule has 4 saturated carbocycles. The fourth-order valence-electron chi connectivity index (χ4n) is 7.37. The Kier molecular flexibility index (Phi) is 5.21. The molecule has 0 spiro atoms. The van der Waals surface area contributed by atoms with Crippen LogP contribution < -0.4 is 20.9 Å². The average Bonchev–Trinajstić information content (AvgIpc) is 2.81. The van der Waals surface area contributed by atoms with Crippen molar-refractivity contribution in [2.24, 2.45) is 17.8 Å². The van der Waals surface area contributed by atoms with Crippen LogP contribution in [-0.2, 0) is 0 Å². The molecule has 1 amide bonds. The number of nitrogens with one attached hydrogen (secondary N) is 1. The van der Waals surface area contributed by atoms with Gasteiger partial charge in [0.15, 0.2) is 0 Å². The summed E-state index contributed by atoms with van der Waals surface area (Å²) in [6.07, 6.45) is 4.87. The van der Waals surface area contributed by atoms with Gasteiger partial charge in [-0.05, 0) is 93.2 Å². The molecule has 1 aliphatic heterocycles. The Hall–Kier alpha value is -2.80. The first kappa shape index (κ1) is 21.7. The van der Waals surface area contributed by atoms with Crippen molar-refractivity contribution in [3.05, 3.63) is 48.2 Å². The number of amides is 1. The third-order valence-electron chi connectivity index (χ3n) is 8.69. The number of rotatable bonds is 4. The fraction of sp³-hybridized carbons (Fsp3) is 0.556. The van der Waals surface area contributed by atoms with Crippen molar-refractivity contribution in [2.75, 3.05) is 35.2 Å². The molecule has 1 aromatic heterocycles. The minimum atomic E-state index is -0.486. The molecule has 5 fully saturated rings. The normalized spacial score (nSPS) is 34.4. The van der Waals surface area contributed by atoms with Crippen LogP contribution in [0.5, 0.6) is 0 Å². The van der Waals surface area contributed by atoms with Crippen molar-refractivity contribution in [1.29, 1.82) is 0 Å². The van der Waals surface area contributed by atoms with E-state index in [1.807, 2.05) is 30.3 Å². The van der Waals surface area contributed by atoms with Crippen LogP contribution in [0.1, 0.15) is 49.5 Å². The number of carbonyl (C=O) groups excluding carboxylic acids is 1. The maximum atomic E-state index is 13.2. The fourth-order valence-corrected chi connectivity index (χ4v) is 7.37. The van der Waals surface area contributed by atoms with Crippen molar-refractivity contribution in [2.45, 2.75) is 56.7 Å². The first-order chi connectivity index (χ1) is 16.4. The lowest BCUT2D eigenvalue weighted by molar-refractivity contribution is -0.136. The summed E-state index contributed by atoms with van der Waals surface area (Å²) in [4.78, 5) is 22.7. The highest BCUT2D eigenvalue weighted by Gasteiger charge is 2.55. The molecule has 7 heteroatoms. The molecule has 2 aromatic rings. The molecule has 7 nitrogen and oxygen atoms in total. The van der Waals surface area contributed by atoms with E-state index in [4.69, 9.17) is 10.7 Å². The van der Waals surface area contributed by atoms with Crippen molar-refractivity contribution in [3.8, 4) is 0 Å². The zero-order valence-corrected chi connectivity index (χ0v) is 19.9. The zero-order valence-electron chi connectivity index (χ0n) is 19.9. The number of benzene rings is 1. The number of piperazine rings is 1. The maximum absolute atomic E-state index is 13.2. The number of aliphatic hydroxyl groups is 1. The van der Waals surface area contributed by atoms with E-state index in [-0.39, 0.29) is 18.0 Å². The van der Waals surface area contributed by atoms with E-state index >= 15 is 0 Å². The molecular weight excluding hydrogens is 426 g/mol. The van der Waals surface area contributed by atoms with Crippen LogP contribution in [0, 0.1) is 17.8 Å². The lowest BCUT2D eigenvalue weighted by atomic mass is 9.52. The number of hydrogen-bond acceptors (Lipinski definition) is 6. The van der Waals surface area contributed by atoms with Crippen LogP contribution >= 0.6 is 0 Å². The van der Waals surface area contributed by atoms with Crippen LogP contribution in [0.15, 0.2) is 42.5 Å². The van der Waals surface area contributed by atoms with Gasteiger partial charge in [0.25, 0.3) is 5.91 Å². The van der Waals surface area contributed by atoms with Crippen LogP contribution in [0.2, 0.25) is 0 Å². The van der Waals surface area contributed by atoms with Crippen molar-refractivity contribution in [3.63, 3.8) is 0 Å². The summed E-state index contributed by atoms with van der Waals surface area (Å²) in [6, 6.07) is 14.2. The van der Waals surface area contributed by atoms with Gasteiger partial charge < -0.3 is 26.0 Å². The summed E-state index contributed by atoms with van der Waals surface area (Å²) in [6.45, 7) is 4.83. The van der Waals surface area contributed by atoms with E-state index in [0.29, 0.717) is 23.4 Å². The Bertz CT molecular complexity index is 1060. The van der Waals surface area contributed by atoms with Gasteiger partial charge >= 0.3 is 0 Å². The SMILES string of the molecule is C[C@@H]1CN(c2ccc(N)cc2)CCN1c1cccc(C(=O)N[C@H]2C3CC4CC2C[C@](O)(C4)C3)n1. The molecule has 4 aliphatic carbocycles. The molecule has 4 bridgehead atoms. The highest BCUT2D eigenvalue weighted by Crippen LogP contribution is 2.55. The summed E-state index contributed by atoms with van der Waals surface area (Å²) >= 11 is 0. The Labute approximate surface area is 201 Å². The van der Waals surface area contributed by atoms with E-state index < -0.39 is 5.60 Å². The number of hydrogen-bond donors (Lipinski definition) is 3. The van der Waals surface area contributed by atoms with Crippen LogP contribution in [-0.4, -0.2) is 53.3 Å². The van der Waals surface area contributed by atoms with Gasteiger partial charge in [-0.2, -0.15) is 0 Å². The minimum Gasteiger partial charge on any atom is -0.399 e. The van der Waals surface area contributed by atoms with E-state index in [9.17, 15) is 9.90 Å². The second kappa shape index (κ2) is 8.15. The second-order valence-electron chi connectivity index (χ2n) is 11.2. The Balaban J connectivity index is 1.13. The van der Waals surface area contributed by atoms with Crippen molar-refractivity contribution in [1.82, 2.24) is 10.3 Å². The first-order valence-corrected chi connectivity index (χ1v) is 12.7. The summed E-state index contributed by atoms with van der Waals surface area (Å²) in [7, 11) is 0. The smallest absolute Gasteiger partial charge is 0.270 e. The van der Waals surface area contributed by atoms with Crippen LogP contribution in [0.3, 0.4) is 0 Å². The number of carbonyl (C=O) groups is 1. The number of aromatic nitrogens is 1. The molecule has 5 aliphatic rings. The number of nitrogens with two attached hydrogens (primary N) is 1. The van der Waals surface area contributed by atoms with Crippen molar-refractivity contribution < 1.29 is 9.90 Å². The minimum absolute atomic E-state index is 0.0838. The molecule has 1 aromatic carbocycles. The molecule has 1 saturated heterocycles. The van der Waals surface area contributed by atoms with Gasteiger partial charge in [-0.15, -0.1) is 0 Å². The molecule has 7 rings (SSSR count). The number of nitrogens with zero attached hydrogens (tertiary/aromatic N) is 3. The molecular formula is C27H35N5O2. The molecule has 2 unspecified atom stereocenters. The Morgan fingerprint density at radius 3 is 2.50 bits per heavy atom. The third kappa shape index (κ3) is 3.90. The quantitative estimate of drug-likeness (QED) is 0.606. The standard InChI is InChI=1S/C27H35N5O2/c1-17-16-31(22-7-5-21(28)6-8-22)9-10-32(17)24-4-2-3-23(29-24)26(33)30-25-19-11-18-12-20(25)15-27(34,13-18)14-19/h2-8,17-20,25,34H,9-16,28H2,1H3,(H,30,33)/t17-,18?,19?,20?,25-,27-/m1/s1. The van der Waals surface area contributed by atoms with Gasteiger partial charge in [-0.3, -0.25) is 4.79 Å². The molecule has 0 radical (unpaired) electrons. The molecule has 4 N–H and O–H groups in total. The largest absolute Gasteiger partial charge is 0.399 e. The van der Waals surface area contributed by atoms with Gasteiger partial charge in [-0.25, -0.2) is 4.98 Å². The lowest BCUT2D eigenvalue weighted by Gasteiger charge is -2.58. The van der Waals surface area contributed by atoms with Crippen molar-refractivity contribution >= 4 is 23.1 Å². The van der Waals surface area contributed by atoms with Gasteiger partial charge in [-0.1, -0.05) is 6.07 Å². The zero-order chi connectivity index (χ0) is 23.4. The number of nitrogen functional groups attached to an aromatic ring is 1. The van der Waals surface area contributed by atoms with Gasteiger partial charge in [0.1, 0.15) is 11.5 Å². The maximum Gasteiger partial charge on any atom is 0.270 e. The predicted molar refractivity (Wildman–Crippen MR) is 134 cm³/mol. The molecule has 180 valence electrons. The first-order valence-electron chi connectivity index (χ1n) is 12.7. The molecule has 34 heavy (non-hydrogen) atoms. The van der Waals surface area contributed by atoms with E-state index in [1.165, 1.54) is 5.69 Å². The molecule has 3 atom stereocenters. The van der Waals surface area contributed by atoms with E-state index in [0.717, 1.165) is 63.2 Å². The second-order valence-corrected chi connectivity index (χ2v) is 11.2. The summed E-state index contributed by atoms with van der Waals surface area (Å²) in [5, 5.41) is 14.2. The van der Waals surface area contributed by atoms with Crippen LogP contribution in [0.25, 0.3) is 0 Å². The van der Waals surface area contributed by atoms with Gasteiger partial charge in [0.2, 0.25) is 0 Å². The van der Waals surface area contributed by atoms with Crippen LogP contribution in [0.4, 0.5) is 17.2 Å². The summed E-state index contributed by atoms with van der Waals surface area (Å²) < 4.78 is 0.